The number of carbonyl (C=O) groups excluding carboxylic acids is 1. The molecular weight excluding hydrogens is 482 g/mol. The lowest BCUT2D eigenvalue weighted by Gasteiger charge is -2.21. The number of ketones is 1. The molecule has 6 rings (SSSR count). The number of hydrogen-bond donors (Lipinski definition) is 3. The molecule has 0 radical (unpaired) electrons. The molecule has 192 valence electrons. The maximum absolute atomic E-state index is 13.6. The van der Waals surface area contributed by atoms with E-state index in [0.717, 1.165) is 32.6 Å². The van der Waals surface area contributed by atoms with Gasteiger partial charge in [-0.05, 0) is 64.9 Å². The van der Waals surface area contributed by atoms with Gasteiger partial charge in [0.05, 0.1) is 17.2 Å². The molecule has 1 saturated heterocycles. The van der Waals surface area contributed by atoms with Gasteiger partial charge in [0, 0.05) is 33.5 Å². The van der Waals surface area contributed by atoms with Crippen molar-refractivity contribution in [2.24, 2.45) is 5.92 Å². The summed E-state index contributed by atoms with van der Waals surface area (Å²) < 4.78 is 5.67. The molecule has 0 spiro atoms. The molecular formula is C31H27NO6. The highest BCUT2D eigenvalue weighted by atomic mass is 16.6. The average Bonchev–Trinajstić information content (AvgIpc) is 3.67. The lowest BCUT2D eigenvalue weighted by Crippen LogP contribution is -2.15. The van der Waals surface area contributed by atoms with Crippen molar-refractivity contribution in [3.63, 3.8) is 0 Å². The fourth-order valence-electron chi connectivity index (χ4n) is 5.88. The van der Waals surface area contributed by atoms with Gasteiger partial charge in [0.2, 0.25) is 0 Å². The highest BCUT2D eigenvalue weighted by Gasteiger charge is 2.47. The molecule has 2 unspecified atom stereocenters. The standard InChI is InChI=1S/C31H27NO6/c1-13(2)28-29(38-28)27(33)19-8-5-15-17-7-10-21(31(36)37)26-22(32-14(3)4)12-11-18(24(17)26)16-6-9-20(30(34)35)25(19)23(15)16/h5-14,28-29,32H,1-4H3,(H,34,35)(H,36,37). The molecule has 0 saturated carbocycles. The molecule has 0 amide bonds. The number of aromatic carboxylic acids is 2. The number of epoxide rings is 1. The van der Waals surface area contributed by atoms with Crippen molar-refractivity contribution in [2.45, 2.75) is 45.9 Å². The van der Waals surface area contributed by atoms with Gasteiger partial charge in [-0.15, -0.1) is 0 Å². The van der Waals surface area contributed by atoms with Crippen molar-refractivity contribution in [3.8, 4) is 0 Å². The summed E-state index contributed by atoms with van der Waals surface area (Å²) >= 11 is 0. The zero-order chi connectivity index (χ0) is 27.0. The van der Waals surface area contributed by atoms with Gasteiger partial charge in [-0.1, -0.05) is 44.2 Å². The number of hydrogen-bond acceptors (Lipinski definition) is 5. The topological polar surface area (TPSA) is 116 Å². The Morgan fingerprint density at radius 2 is 1.16 bits per heavy atom. The Labute approximate surface area is 218 Å². The molecule has 3 N–H and O–H groups in total. The van der Waals surface area contributed by atoms with Crippen molar-refractivity contribution in [1.29, 1.82) is 0 Å². The zero-order valence-corrected chi connectivity index (χ0v) is 21.5. The fourth-order valence-corrected chi connectivity index (χ4v) is 5.88. The number of carboxylic acid groups (broad SMARTS) is 2. The lowest BCUT2D eigenvalue weighted by atomic mass is 9.84. The van der Waals surface area contributed by atoms with Crippen LogP contribution in [-0.4, -0.2) is 46.2 Å². The first-order valence-corrected chi connectivity index (χ1v) is 12.7. The summed E-state index contributed by atoms with van der Waals surface area (Å²) in [6.45, 7) is 7.96. The van der Waals surface area contributed by atoms with E-state index in [-0.39, 0.29) is 35.0 Å². The van der Waals surface area contributed by atoms with Crippen LogP contribution in [0, 0.1) is 5.92 Å². The van der Waals surface area contributed by atoms with Crippen LogP contribution in [0.4, 0.5) is 5.69 Å². The first kappa shape index (κ1) is 24.1. The normalized spacial score (nSPS) is 17.3. The van der Waals surface area contributed by atoms with E-state index in [4.69, 9.17) is 4.74 Å². The Bertz CT molecular complexity index is 1800. The fraction of sp³-hybridized carbons (Fsp3) is 0.258. The van der Waals surface area contributed by atoms with Gasteiger partial charge >= 0.3 is 11.9 Å². The molecule has 7 heteroatoms. The van der Waals surface area contributed by atoms with Crippen LogP contribution in [0.1, 0.15) is 58.8 Å². The minimum atomic E-state index is -1.12. The van der Waals surface area contributed by atoms with Crippen molar-refractivity contribution in [1.82, 2.24) is 0 Å². The highest BCUT2D eigenvalue weighted by Crippen LogP contribution is 2.46. The van der Waals surface area contributed by atoms with Crippen LogP contribution >= 0.6 is 0 Å². The number of fused-ring (bicyclic) bond motifs is 2. The van der Waals surface area contributed by atoms with E-state index in [0.29, 0.717) is 21.7 Å². The van der Waals surface area contributed by atoms with Crippen LogP contribution in [0.15, 0.2) is 48.5 Å². The van der Waals surface area contributed by atoms with Crippen LogP contribution in [0.25, 0.3) is 43.1 Å². The summed E-state index contributed by atoms with van der Waals surface area (Å²) in [4.78, 5) is 38.2. The van der Waals surface area contributed by atoms with Crippen molar-refractivity contribution in [2.75, 3.05) is 5.32 Å². The van der Waals surface area contributed by atoms with E-state index in [1.165, 1.54) is 6.07 Å². The van der Waals surface area contributed by atoms with Crippen molar-refractivity contribution >= 4 is 66.5 Å². The Hall–Kier alpha value is -4.23. The van der Waals surface area contributed by atoms with Crippen LogP contribution < -0.4 is 5.32 Å². The van der Waals surface area contributed by atoms with Gasteiger partial charge in [0.1, 0.15) is 6.10 Å². The quantitative estimate of drug-likeness (QED) is 0.0984. The van der Waals surface area contributed by atoms with Crippen LogP contribution in [0.3, 0.4) is 0 Å². The average molecular weight is 510 g/mol. The van der Waals surface area contributed by atoms with E-state index in [2.05, 4.69) is 5.32 Å². The largest absolute Gasteiger partial charge is 0.478 e. The van der Waals surface area contributed by atoms with Crippen LogP contribution in [-0.2, 0) is 4.74 Å². The molecule has 7 nitrogen and oxygen atoms in total. The van der Waals surface area contributed by atoms with E-state index >= 15 is 0 Å². The summed E-state index contributed by atoms with van der Waals surface area (Å²) in [6, 6.07) is 14.1. The number of anilines is 1. The Morgan fingerprint density at radius 1 is 0.684 bits per heavy atom. The SMILES string of the molecule is CC(C)Nc1ccc2c3ccc(C(=O)O)c4c(C(=O)C5OC5C(C)C)ccc(c5ccc(C(=O)O)c1c25)c43. The molecule has 1 aliphatic heterocycles. The molecule has 0 bridgehead atoms. The monoisotopic (exact) mass is 509 g/mol. The van der Waals surface area contributed by atoms with Gasteiger partial charge in [0.25, 0.3) is 0 Å². The second-order valence-corrected chi connectivity index (χ2v) is 10.7. The first-order valence-electron chi connectivity index (χ1n) is 12.7. The van der Waals surface area contributed by atoms with Gasteiger partial charge in [-0.3, -0.25) is 4.79 Å². The number of carbonyl (C=O) groups is 3. The van der Waals surface area contributed by atoms with E-state index in [1.54, 1.807) is 24.3 Å². The minimum Gasteiger partial charge on any atom is -0.478 e. The maximum Gasteiger partial charge on any atom is 0.336 e. The third kappa shape index (κ3) is 3.42. The second-order valence-electron chi connectivity index (χ2n) is 10.7. The zero-order valence-electron chi connectivity index (χ0n) is 21.5. The third-order valence-corrected chi connectivity index (χ3v) is 7.51. The third-order valence-electron chi connectivity index (χ3n) is 7.51. The highest BCUT2D eigenvalue weighted by molar-refractivity contribution is 6.38. The minimum absolute atomic E-state index is 0.0515. The molecule has 38 heavy (non-hydrogen) atoms. The van der Waals surface area contributed by atoms with Crippen molar-refractivity contribution in [3.05, 3.63) is 65.2 Å². The molecule has 1 fully saturated rings. The predicted octanol–water partition coefficient (Wildman–Crippen LogP) is 6.56. The van der Waals surface area contributed by atoms with E-state index < -0.39 is 18.0 Å². The summed E-state index contributed by atoms with van der Waals surface area (Å²) in [6.07, 6.45) is -0.770. The Balaban J connectivity index is 1.76. The predicted molar refractivity (Wildman–Crippen MR) is 148 cm³/mol. The van der Waals surface area contributed by atoms with Gasteiger partial charge < -0.3 is 20.3 Å². The summed E-state index contributed by atoms with van der Waals surface area (Å²) in [5, 5.41) is 29.1. The molecule has 5 aromatic carbocycles. The summed E-state index contributed by atoms with van der Waals surface area (Å²) in [7, 11) is 0. The molecule has 1 heterocycles. The number of carboxylic acids is 2. The molecule has 2 atom stereocenters. The van der Waals surface area contributed by atoms with Crippen molar-refractivity contribution < 1.29 is 29.3 Å². The number of ether oxygens (including phenoxy) is 1. The summed E-state index contributed by atoms with van der Waals surface area (Å²) in [5.41, 5.74) is 1.29. The molecule has 0 aliphatic carbocycles. The van der Waals surface area contributed by atoms with E-state index in [1.807, 2.05) is 45.9 Å². The van der Waals surface area contributed by atoms with Gasteiger partial charge in [-0.25, -0.2) is 9.59 Å². The first-order chi connectivity index (χ1) is 18.1. The number of nitrogens with one attached hydrogen (secondary N) is 1. The Kier molecular flexibility index (Phi) is 5.33. The Morgan fingerprint density at radius 3 is 1.63 bits per heavy atom. The van der Waals surface area contributed by atoms with Gasteiger partial charge in [0.15, 0.2) is 5.78 Å². The maximum atomic E-state index is 13.6. The van der Waals surface area contributed by atoms with Gasteiger partial charge in [-0.2, -0.15) is 0 Å². The van der Waals surface area contributed by atoms with Crippen LogP contribution in [0.5, 0.6) is 0 Å². The van der Waals surface area contributed by atoms with E-state index in [9.17, 15) is 24.6 Å². The molecule has 1 aliphatic rings. The number of rotatable bonds is 7. The summed E-state index contributed by atoms with van der Waals surface area (Å²) in [5.74, 6) is -2.19. The lowest BCUT2D eigenvalue weighted by molar-refractivity contribution is 0.0688. The number of benzene rings is 5. The molecule has 0 aromatic heterocycles. The number of Topliss-reactive ketones (excluding diaryl/α,β-unsaturated/α-hetero) is 1. The smallest absolute Gasteiger partial charge is 0.336 e. The second kappa shape index (κ2) is 8.39. The molecule has 5 aromatic rings. The van der Waals surface area contributed by atoms with Crippen LogP contribution in [0.2, 0.25) is 0 Å².